The Morgan fingerprint density at radius 1 is 1.37 bits per heavy atom. The van der Waals surface area contributed by atoms with E-state index < -0.39 is 0 Å². The minimum atomic E-state index is 0.225. The van der Waals surface area contributed by atoms with Gasteiger partial charge in [0.25, 0.3) is 0 Å². The Hall–Kier alpha value is -2.14. The van der Waals surface area contributed by atoms with Gasteiger partial charge in [-0.25, -0.2) is 9.97 Å². The fourth-order valence-electron chi connectivity index (χ4n) is 2.13. The average molecular weight is 270 g/mol. The number of pyridine rings is 1. The van der Waals surface area contributed by atoms with Crippen LogP contribution in [0.2, 0.25) is 0 Å². The molecule has 0 saturated carbocycles. The molecule has 0 aliphatic carbocycles. The maximum Gasteiger partial charge on any atom is 0.132 e. The Bertz CT molecular complexity index is 672. The molecule has 5 heteroatoms. The molecule has 3 aromatic rings. The third-order valence-electron chi connectivity index (χ3n) is 3.22. The second kappa shape index (κ2) is 4.85. The minimum absolute atomic E-state index is 0.225. The Balaban J connectivity index is 2.06. The predicted octanol–water partition coefficient (Wildman–Crippen LogP) is 3.20. The molecular weight excluding hydrogens is 256 g/mol. The van der Waals surface area contributed by atoms with Crippen LogP contribution in [0.4, 0.5) is 5.82 Å². The SMILES string of the molecule is CC(c1ccsc1)n1cncc1-c1cccnc1N. The predicted molar refractivity (Wildman–Crippen MR) is 78.0 cm³/mol. The van der Waals surface area contributed by atoms with Crippen molar-refractivity contribution < 1.29 is 0 Å². The summed E-state index contributed by atoms with van der Waals surface area (Å²) in [5.41, 5.74) is 9.13. The Morgan fingerprint density at radius 3 is 3.00 bits per heavy atom. The second-order valence-electron chi connectivity index (χ2n) is 4.36. The first kappa shape index (κ1) is 11.9. The molecule has 3 heterocycles. The number of nitrogens with zero attached hydrogens (tertiary/aromatic N) is 3. The molecule has 3 aromatic heterocycles. The highest BCUT2D eigenvalue weighted by Crippen LogP contribution is 2.29. The lowest BCUT2D eigenvalue weighted by Crippen LogP contribution is -2.07. The molecule has 0 aliphatic heterocycles. The summed E-state index contributed by atoms with van der Waals surface area (Å²) in [5, 5.41) is 4.24. The number of imidazole rings is 1. The zero-order valence-corrected chi connectivity index (χ0v) is 11.3. The second-order valence-corrected chi connectivity index (χ2v) is 5.14. The third-order valence-corrected chi connectivity index (χ3v) is 3.92. The molecule has 2 N–H and O–H groups in total. The van der Waals surface area contributed by atoms with Gasteiger partial charge in [-0.2, -0.15) is 11.3 Å². The number of thiophene rings is 1. The molecule has 0 aliphatic rings. The third kappa shape index (κ3) is 2.13. The molecule has 0 saturated heterocycles. The summed E-state index contributed by atoms with van der Waals surface area (Å²) in [4.78, 5) is 8.39. The lowest BCUT2D eigenvalue weighted by atomic mass is 10.1. The first-order valence-electron chi connectivity index (χ1n) is 6.02. The van der Waals surface area contributed by atoms with Crippen LogP contribution in [0.15, 0.2) is 47.7 Å². The number of nitrogens with two attached hydrogens (primary N) is 1. The highest BCUT2D eigenvalue weighted by molar-refractivity contribution is 7.07. The van der Waals surface area contributed by atoms with Crippen molar-refractivity contribution >= 4 is 17.2 Å². The number of anilines is 1. The van der Waals surface area contributed by atoms with Gasteiger partial charge >= 0.3 is 0 Å². The van der Waals surface area contributed by atoms with Crippen molar-refractivity contribution in [2.45, 2.75) is 13.0 Å². The van der Waals surface area contributed by atoms with Crippen molar-refractivity contribution in [3.8, 4) is 11.3 Å². The van der Waals surface area contributed by atoms with Crippen molar-refractivity contribution in [2.24, 2.45) is 0 Å². The first-order chi connectivity index (χ1) is 9.27. The van der Waals surface area contributed by atoms with Crippen LogP contribution in [0.1, 0.15) is 18.5 Å². The molecule has 19 heavy (non-hydrogen) atoms. The maximum atomic E-state index is 5.95. The van der Waals surface area contributed by atoms with Crippen LogP contribution in [0, 0.1) is 0 Å². The summed E-state index contributed by atoms with van der Waals surface area (Å²) in [6.07, 6.45) is 5.36. The van der Waals surface area contributed by atoms with Crippen LogP contribution >= 0.6 is 11.3 Å². The summed E-state index contributed by atoms with van der Waals surface area (Å²) in [6.45, 7) is 2.15. The van der Waals surface area contributed by atoms with Gasteiger partial charge in [0.15, 0.2) is 0 Å². The van der Waals surface area contributed by atoms with E-state index in [1.54, 1.807) is 17.5 Å². The normalized spacial score (nSPS) is 12.5. The van der Waals surface area contributed by atoms with Crippen molar-refractivity contribution in [3.05, 3.63) is 53.2 Å². The van der Waals surface area contributed by atoms with Crippen LogP contribution < -0.4 is 5.73 Å². The van der Waals surface area contributed by atoms with Crippen molar-refractivity contribution in [3.63, 3.8) is 0 Å². The van der Waals surface area contributed by atoms with Gasteiger partial charge in [-0.3, -0.25) is 0 Å². The van der Waals surface area contributed by atoms with Crippen LogP contribution in [0.25, 0.3) is 11.3 Å². The van der Waals surface area contributed by atoms with E-state index in [2.05, 4.69) is 38.3 Å². The first-order valence-corrected chi connectivity index (χ1v) is 6.96. The Morgan fingerprint density at radius 2 is 2.26 bits per heavy atom. The summed E-state index contributed by atoms with van der Waals surface area (Å²) >= 11 is 1.70. The lowest BCUT2D eigenvalue weighted by molar-refractivity contribution is 0.647. The molecule has 0 radical (unpaired) electrons. The Labute approximate surface area is 115 Å². The molecule has 1 atom stereocenters. The topological polar surface area (TPSA) is 56.7 Å². The number of rotatable bonds is 3. The molecule has 0 fully saturated rings. The molecule has 4 nitrogen and oxygen atoms in total. The van der Waals surface area contributed by atoms with Gasteiger partial charge in [0, 0.05) is 11.8 Å². The van der Waals surface area contributed by atoms with Crippen LogP contribution in [0.5, 0.6) is 0 Å². The number of hydrogen-bond donors (Lipinski definition) is 1. The number of nitrogen functional groups attached to an aromatic ring is 1. The fourth-order valence-corrected chi connectivity index (χ4v) is 2.88. The van der Waals surface area contributed by atoms with Gasteiger partial charge in [0.2, 0.25) is 0 Å². The monoisotopic (exact) mass is 270 g/mol. The molecular formula is C14H14N4S. The molecule has 0 amide bonds. The highest BCUT2D eigenvalue weighted by Gasteiger charge is 2.15. The van der Waals surface area contributed by atoms with E-state index in [0.717, 1.165) is 11.3 Å². The quantitative estimate of drug-likeness (QED) is 0.795. The maximum absolute atomic E-state index is 5.95. The molecule has 1 unspecified atom stereocenters. The summed E-state index contributed by atoms with van der Waals surface area (Å²) in [6, 6.07) is 6.21. The van der Waals surface area contributed by atoms with Crippen molar-refractivity contribution in [2.75, 3.05) is 5.73 Å². The van der Waals surface area contributed by atoms with Crippen LogP contribution in [-0.2, 0) is 0 Å². The molecule has 0 aromatic carbocycles. The zero-order valence-electron chi connectivity index (χ0n) is 10.5. The fraction of sp³-hybridized carbons (Fsp3) is 0.143. The van der Waals surface area contributed by atoms with Gasteiger partial charge < -0.3 is 10.3 Å². The molecule has 0 bridgehead atoms. The van der Waals surface area contributed by atoms with Gasteiger partial charge in [0.1, 0.15) is 5.82 Å². The largest absolute Gasteiger partial charge is 0.383 e. The standard InChI is InChI=1S/C14H14N4S/c1-10(11-4-6-19-8-11)18-9-16-7-13(18)12-3-2-5-17-14(12)15/h2-10H,1H3,(H2,15,17). The zero-order chi connectivity index (χ0) is 13.2. The highest BCUT2D eigenvalue weighted by atomic mass is 32.1. The van der Waals surface area contributed by atoms with Gasteiger partial charge in [-0.05, 0) is 41.4 Å². The smallest absolute Gasteiger partial charge is 0.132 e. The van der Waals surface area contributed by atoms with Gasteiger partial charge in [-0.1, -0.05) is 0 Å². The summed E-state index contributed by atoms with van der Waals surface area (Å²) in [7, 11) is 0. The van der Waals surface area contributed by atoms with Crippen LogP contribution in [0.3, 0.4) is 0 Å². The van der Waals surface area contributed by atoms with E-state index in [4.69, 9.17) is 5.73 Å². The van der Waals surface area contributed by atoms with Crippen molar-refractivity contribution in [1.29, 1.82) is 0 Å². The van der Waals surface area contributed by atoms with Gasteiger partial charge in [0.05, 0.1) is 24.3 Å². The van der Waals surface area contributed by atoms with Gasteiger partial charge in [-0.15, -0.1) is 0 Å². The number of aromatic nitrogens is 3. The average Bonchev–Trinajstić information content (AvgIpc) is 3.10. The van der Waals surface area contributed by atoms with E-state index >= 15 is 0 Å². The molecule has 3 rings (SSSR count). The number of hydrogen-bond acceptors (Lipinski definition) is 4. The van der Waals surface area contributed by atoms with E-state index in [1.807, 2.05) is 24.7 Å². The molecule has 96 valence electrons. The minimum Gasteiger partial charge on any atom is -0.383 e. The summed E-state index contributed by atoms with van der Waals surface area (Å²) < 4.78 is 2.12. The van der Waals surface area contributed by atoms with E-state index in [0.29, 0.717) is 5.82 Å². The lowest BCUT2D eigenvalue weighted by Gasteiger charge is -2.16. The van der Waals surface area contributed by atoms with E-state index in [-0.39, 0.29) is 6.04 Å². The van der Waals surface area contributed by atoms with Crippen molar-refractivity contribution in [1.82, 2.24) is 14.5 Å². The van der Waals surface area contributed by atoms with Crippen LogP contribution in [-0.4, -0.2) is 14.5 Å². The Kier molecular flexibility index (Phi) is 3.05. The van der Waals surface area contributed by atoms with E-state index in [1.165, 1.54) is 5.56 Å². The molecule has 0 spiro atoms. The van der Waals surface area contributed by atoms with E-state index in [9.17, 15) is 0 Å². The summed E-state index contributed by atoms with van der Waals surface area (Å²) in [5.74, 6) is 0.529.